The molecule has 0 spiro atoms. The molecule has 0 saturated carbocycles. The summed E-state index contributed by atoms with van der Waals surface area (Å²) in [5, 5.41) is 3.29. The molecule has 0 saturated heterocycles. The number of benzene rings is 1. The van der Waals surface area contributed by atoms with Gasteiger partial charge < -0.3 is 23.7 Å². The van der Waals surface area contributed by atoms with Crippen molar-refractivity contribution < 1.29 is 32.2 Å². The number of nitrogens with zero attached hydrogens (tertiary/aromatic N) is 4. The monoisotopic (exact) mass is 620 g/mol. The zero-order valence-corrected chi connectivity index (χ0v) is 26.7. The Hall–Kier alpha value is -3.58. The normalized spacial score (nSPS) is 14.4. The maximum Gasteiger partial charge on any atom is 0.435 e. The van der Waals surface area contributed by atoms with Crippen LogP contribution in [0.4, 0.5) is 18.0 Å². The molecule has 1 aromatic carbocycles. The molecule has 2 aromatic heterocycles. The molecule has 9 nitrogen and oxygen atoms in total. The van der Waals surface area contributed by atoms with E-state index in [4.69, 9.17) is 14.2 Å². The Morgan fingerprint density at radius 2 is 1.77 bits per heavy atom. The van der Waals surface area contributed by atoms with Crippen LogP contribution >= 0.6 is 0 Å². The van der Waals surface area contributed by atoms with Crippen LogP contribution in [0.1, 0.15) is 37.7 Å². The first kappa shape index (κ1) is 32.3. The number of fused-ring (bicyclic) bond motifs is 1. The van der Waals surface area contributed by atoms with Gasteiger partial charge in [0.25, 0.3) is 5.56 Å². The second-order valence-electron chi connectivity index (χ2n) is 12.8. The lowest BCUT2D eigenvalue weighted by atomic mass is 10.1. The highest BCUT2D eigenvalue weighted by molar-refractivity contribution is 6.76. The molecule has 0 fully saturated rings. The fourth-order valence-electron chi connectivity index (χ4n) is 4.65. The summed E-state index contributed by atoms with van der Waals surface area (Å²) in [6, 6.07) is 9.29. The summed E-state index contributed by atoms with van der Waals surface area (Å²) in [5.41, 5.74) is -1.10. The summed E-state index contributed by atoms with van der Waals surface area (Å²) in [7, 11) is 0.0903. The predicted molar refractivity (Wildman–Crippen MR) is 161 cm³/mol. The van der Waals surface area contributed by atoms with Crippen molar-refractivity contribution in [2.75, 3.05) is 26.8 Å². The standard InChI is InChI=1S/C30H39F3N4O5Si/c1-29(2,3)42-28(39)35-13-12-21(18-35)23-16-24-25(27(38)36(23)17-20-8-10-22(40-4)11-9-20)26(30(31,32)33)34-37(24)19-41-14-15-43(5,6)7/h8-12,16H,13-15,17-19H2,1-7H3. The van der Waals surface area contributed by atoms with Crippen LogP contribution in [-0.2, 0) is 28.9 Å². The average Bonchev–Trinajstić information content (AvgIpc) is 3.53. The van der Waals surface area contributed by atoms with E-state index in [-0.39, 0.29) is 31.9 Å². The van der Waals surface area contributed by atoms with Crippen LogP contribution < -0.4 is 10.3 Å². The Morgan fingerprint density at radius 1 is 1.09 bits per heavy atom. The average molecular weight is 621 g/mol. The summed E-state index contributed by atoms with van der Waals surface area (Å²) >= 11 is 0. The van der Waals surface area contributed by atoms with Gasteiger partial charge in [0, 0.05) is 21.2 Å². The molecule has 43 heavy (non-hydrogen) atoms. The van der Waals surface area contributed by atoms with Crippen molar-refractivity contribution in [1.82, 2.24) is 19.2 Å². The van der Waals surface area contributed by atoms with Crippen molar-refractivity contribution in [1.29, 1.82) is 0 Å². The van der Waals surface area contributed by atoms with Crippen LogP contribution in [-0.4, -0.2) is 65.8 Å². The van der Waals surface area contributed by atoms with Gasteiger partial charge in [0.15, 0.2) is 5.69 Å². The fraction of sp³-hybridized carbons (Fsp3) is 0.500. The lowest BCUT2D eigenvalue weighted by Crippen LogP contribution is -2.35. The van der Waals surface area contributed by atoms with Gasteiger partial charge in [-0.05, 0) is 56.2 Å². The highest BCUT2D eigenvalue weighted by atomic mass is 28.3. The van der Waals surface area contributed by atoms with Crippen molar-refractivity contribution in [3.8, 4) is 5.75 Å². The van der Waals surface area contributed by atoms with Crippen LogP contribution in [0.2, 0.25) is 25.7 Å². The van der Waals surface area contributed by atoms with Gasteiger partial charge in [-0.1, -0.05) is 37.8 Å². The van der Waals surface area contributed by atoms with Crippen LogP contribution in [0.5, 0.6) is 5.75 Å². The topological polar surface area (TPSA) is 87.8 Å². The fourth-order valence-corrected chi connectivity index (χ4v) is 5.41. The Kier molecular flexibility index (Phi) is 9.17. The lowest BCUT2D eigenvalue weighted by molar-refractivity contribution is -0.140. The van der Waals surface area contributed by atoms with Crippen molar-refractivity contribution in [2.45, 2.75) is 71.5 Å². The predicted octanol–water partition coefficient (Wildman–Crippen LogP) is 6.22. The quantitative estimate of drug-likeness (QED) is 0.209. The first-order valence-corrected chi connectivity index (χ1v) is 17.8. The number of hydrogen-bond acceptors (Lipinski definition) is 6. The van der Waals surface area contributed by atoms with Crippen molar-refractivity contribution in [3.63, 3.8) is 0 Å². The molecule has 1 amide bonds. The summed E-state index contributed by atoms with van der Waals surface area (Å²) in [5.74, 6) is 0.605. The number of aromatic nitrogens is 3. The minimum Gasteiger partial charge on any atom is -0.497 e. The van der Waals surface area contributed by atoms with Gasteiger partial charge in [0.1, 0.15) is 18.1 Å². The molecule has 0 N–H and O–H groups in total. The Bertz CT molecular complexity index is 1560. The lowest BCUT2D eigenvalue weighted by Gasteiger charge is -2.24. The molecule has 0 unspecified atom stereocenters. The number of rotatable bonds is 9. The number of ether oxygens (including phenoxy) is 3. The number of methoxy groups -OCH3 is 1. The molecular weight excluding hydrogens is 581 g/mol. The van der Waals surface area contributed by atoms with Crippen molar-refractivity contribution >= 4 is 30.6 Å². The third-order valence-electron chi connectivity index (χ3n) is 6.89. The van der Waals surface area contributed by atoms with E-state index < -0.39 is 42.6 Å². The largest absolute Gasteiger partial charge is 0.497 e. The molecule has 234 valence electrons. The minimum atomic E-state index is -4.86. The number of hydrogen-bond donors (Lipinski definition) is 0. The van der Waals surface area contributed by atoms with E-state index in [1.807, 2.05) is 0 Å². The van der Waals surface area contributed by atoms with E-state index in [0.29, 0.717) is 29.2 Å². The van der Waals surface area contributed by atoms with E-state index in [1.54, 1.807) is 51.1 Å². The number of carbonyl (C=O) groups excluding carboxylic acids is 1. The van der Waals surface area contributed by atoms with Crippen LogP contribution in [0.15, 0.2) is 41.2 Å². The van der Waals surface area contributed by atoms with Gasteiger partial charge >= 0.3 is 12.3 Å². The molecule has 1 aliphatic heterocycles. The van der Waals surface area contributed by atoms with Crippen molar-refractivity contribution in [3.05, 3.63) is 63.7 Å². The number of halogens is 3. The van der Waals surface area contributed by atoms with Crippen LogP contribution in [0.25, 0.3) is 16.5 Å². The zero-order chi connectivity index (χ0) is 31.7. The number of pyridine rings is 1. The molecular formula is C30H39F3N4O5Si. The Labute approximate surface area is 249 Å². The second-order valence-corrected chi connectivity index (χ2v) is 18.4. The molecule has 3 heterocycles. The highest BCUT2D eigenvalue weighted by Gasteiger charge is 2.39. The van der Waals surface area contributed by atoms with Crippen molar-refractivity contribution in [2.24, 2.45) is 0 Å². The molecule has 13 heteroatoms. The van der Waals surface area contributed by atoms with E-state index >= 15 is 0 Å². The molecule has 0 aliphatic carbocycles. The van der Waals surface area contributed by atoms with Crippen LogP contribution in [0, 0.1) is 0 Å². The molecule has 0 atom stereocenters. The maximum atomic E-state index is 14.2. The third-order valence-corrected chi connectivity index (χ3v) is 8.60. The first-order chi connectivity index (χ1) is 20.0. The van der Waals surface area contributed by atoms with E-state index in [9.17, 15) is 22.8 Å². The number of carbonyl (C=O) groups is 1. The minimum absolute atomic E-state index is 0.00688. The molecule has 0 bridgehead atoms. The maximum absolute atomic E-state index is 14.2. The highest BCUT2D eigenvalue weighted by Crippen LogP contribution is 2.34. The second kappa shape index (κ2) is 12.2. The SMILES string of the molecule is COc1ccc(Cn2c(C3=CCN(C(=O)OC(C)(C)C)C3)cc3c(c(C(F)(F)F)nn3COCC[Si](C)(C)C)c2=O)cc1. The van der Waals surface area contributed by atoms with Gasteiger partial charge in [-0.25, -0.2) is 9.48 Å². The van der Waals surface area contributed by atoms with Gasteiger partial charge in [-0.3, -0.25) is 4.79 Å². The summed E-state index contributed by atoms with van der Waals surface area (Å²) in [4.78, 5) is 28.2. The van der Waals surface area contributed by atoms with E-state index in [2.05, 4.69) is 24.7 Å². The Morgan fingerprint density at radius 3 is 2.35 bits per heavy atom. The summed E-state index contributed by atoms with van der Waals surface area (Å²) < 4.78 is 61.6. The van der Waals surface area contributed by atoms with Crippen LogP contribution in [0.3, 0.4) is 0 Å². The smallest absolute Gasteiger partial charge is 0.435 e. The molecule has 1 aliphatic rings. The first-order valence-electron chi connectivity index (χ1n) is 14.1. The third kappa shape index (κ3) is 7.88. The summed E-state index contributed by atoms with van der Waals surface area (Å²) in [6.07, 6.45) is -3.60. The van der Waals surface area contributed by atoms with Gasteiger partial charge in [-0.15, -0.1) is 0 Å². The Balaban J connectivity index is 1.82. The zero-order valence-electron chi connectivity index (χ0n) is 25.7. The molecule has 3 aromatic rings. The summed E-state index contributed by atoms with van der Waals surface area (Å²) in [6.45, 7) is 12.3. The van der Waals surface area contributed by atoms with Gasteiger partial charge in [0.2, 0.25) is 0 Å². The number of amides is 1. The van der Waals surface area contributed by atoms with E-state index in [1.165, 1.54) is 22.6 Å². The van der Waals surface area contributed by atoms with Gasteiger partial charge in [0.05, 0.1) is 36.8 Å². The number of alkyl halides is 3. The molecule has 0 radical (unpaired) electrons. The van der Waals surface area contributed by atoms with E-state index in [0.717, 1.165) is 10.7 Å². The van der Waals surface area contributed by atoms with Gasteiger partial charge in [-0.2, -0.15) is 18.3 Å². The molecule has 4 rings (SSSR count).